The Hall–Kier alpha value is -1.58. The van der Waals surface area contributed by atoms with Crippen LogP contribution in [0.2, 0.25) is 0 Å². The van der Waals surface area contributed by atoms with E-state index < -0.39 is 0 Å². The monoisotopic (exact) mass is 257 g/mol. The van der Waals surface area contributed by atoms with E-state index in [0.717, 1.165) is 19.0 Å². The molecule has 2 aromatic carbocycles. The van der Waals surface area contributed by atoms with Gasteiger partial charge in [-0.25, -0.2) is 0 Å². The van der Waals surface area contributed by atoms with E-state index in [4.69, 9.17) is 9.47 Å². The summed E-state index contributed by atoms with van der Waals surface area (Å²) in [6.45, 7) is 3.85. The molecule has 0 spiro atoms. The quantitative estimate of drug-likeness (QED) is 0.913. The molecule has 0 radical (unpaired) electrons. The van der Waals surface area contributed by atoms with Crippen molar-refractivity contribution in [3.05, 3.63) is 42.0 Å². The third-order valence-electron chi connectivity index (χ3n) is 3.70. The maximum absolute atomic E-state index is 5.25. The summed E-state index contributed by atoms with van der Waals surface area (Å²) in [7, 11) is 1.70. The Morgan fingerprint density at radius 3 is 2.58 bits per heavy atom. The Kier molecular flexibility index (Phi) is 3.40. The van der Waals surface area contributed by atoms with Crippen LogP contribution in [0.4, 0.5) is 0 Å². The molecule has 0 bridgehead atoms. The first kappa shape index (κ1) is 12.5. The number of hydrogen-bond acceptors (Lipinski definition) is 3. The molecule has 1 heterocycles. The van der Waals surface area contributed by atoms with Gasteiger partial charge in [0.2, 0.25) is 0 Å². The van der Waals surface area contributed by atoms with Crippen LogP contribution in [0.5, 0.6) is 5.75 Å². The van der Waals surface area contributed by atoms with Crippen molar-refractivity contribution < 1.29 is 9.47 Å². The first-order chi connectivity index (χ1) is 9.26. The fraction of sp³-hybridized carbons (Fsp3) is 0.375. The molecule has 1 fully saturated rings. The molecule has 1 atom stereocenters. The Labute approximate surface area is 113 Å². The molecule has 100 valence electrons. The predicted molar refractivity (Wildman–Crippen MR) is 76.7 cm³/mol. The van der Waals surface area contributed by atoms with Crippen LogP contribution >= 0.6 is 0 Å². The fourth-order valence-electron chi connectivity index (χ4n) is 2.42. The van der Waals surface area contributed by atoms with Crippen molar-refractivity contribution in [1.29, 1.82) is 0 Å². The van der Waals surface area contributed by atoms with Crippen LogP contribution in [0.1, 0.15) is 18.5 Å². The fourth-order valence-corrected chi connectivity index (χ4v) is 2.42. The first-order valence-electron chi connectivity index (χ1n) is 6.68. The summed E-state index contributed by atoms with van der Waals surface area (Å²) in [5, 5.41) is 6.03. The average molecular weight is 257 g/mol. The van der Waals surface area contributed by atoms with Gasteiger partial charge in [-0.1, -0.05) is 18.2 Å². The summed E-state index contributed by atoms with van der Waals surface area (Å²) in [5.41, 5.74) is 1.31. The van der Waals surface area contributed by atoms with Crippen molar-refractivity contribution >= 4 is 10.8 Å². The summed E-state index contributed by atoms with van der Waals surface area (Å²) < 4.78 is 10.4. The van der Waals surface area contributed by atoms with Gasteiger partial charge in [0.05, 0.1) is 26.4 Å². The van der Waals surface area contributed by atoms with Gasteiger partial charge in [-0.05, 0) is 41.5 Å². The van der Waals surface area contributed by atoms with E-state index in [1.165, 1.54) is 16.3 Å². The molecule has 0 aliphatic carbocycles. The number of methoxy groups -OCH3 is 1. The van der Waals surface area contributed by atoms with Gasteiger partial charge in [0.25, 0.3) is 0 Å². The van der Waals surface area contributed by atoms with Gasteiger partial charge in [-0.15, -0.1) is 0 Å². The molecule has 1 aliphatic rings. The van der Waals surface area contributed by atoms with Gasteiger partial charge >= 0.3 is 0 Å². The second kappa shape index (κ2) is 5.19. The highest BCUT2D eigenvalue weighted by Gasteiger charge is 2.20. The third kappa shape index (κ3) is 2.57. The van der Waals surface area contributed by atoms with Crippen LogP contribution in [0.25, 0.3) is 10.8 Å². The second-order valence-corrected chi connectivity index (χ2v) is 5.10. The Morgan fingerprint density at radius 1 is 1.16 bits per heavy atom. The topological polar surface area (TPSA) is 30.5 Å². The summed E-state index contributed by atoms with van der Waals surface area (Å²) in [6.07, 6.45) is 0. The molecular formula is C16H19NO2. The molecule has 2 aromatic rings. The van der Waals surface area contributed by atoms with Gasteiger partial charge in [0.15, 0.2) is 0 Å². The Balaban J connectivity index is 1.84. The minimum absolute atomic E-state index is 0.348. The van der Waals surface area contributed by atoms with Gasteiger partial charge in [-0.2, -0.15) is 0 Å². The lowest BCUT2D eigenvalue weighted by molar-refractivity contribution is -0.00924. The third-order valence-corrected chi connectivity index (χ3v) is 3.70. The van der Waals surface area contributed by atoms with Crippen LogP contribution in [0.15, 0.2) is 36.4 Å². The standard InChI is InChI=1S/C16H19NO2/c1-11(17-15-9-19-10-15)12-3-4-14-8-16(18-2)6-5-13(14)7-12/h3-8,11,15,17H,9-10H2,1-2H3. The minimum atomic E-state index is 0.348. The van der Waals surface area contributed by atoms with Gasteiger partial charge in [0.1, 0.15) is 5.75 Å². The Morgan fingerprint density at radius 2 is 1.89 bits per heavy atom. The zero-order valence-corrected chi connectivity index (χ0v) is 11.3. The lowest BCUT2D eigenvalue weighted by Gasteiger charge is -2.30. The zero-order valence-electron chi connectivity index (χ0n) is 11.3. The minimum Gasteiger partial charge on any atom is -0.497 e. The zero-order chi connectivity index (χ0) is 13.2. The molecule has 19 heavy (non-hydrogen) atoms. The van der Waals surface area contributed by atoms with Crippen molar-refractivity contribution in [3.8, 4) is 5.75 Å². The Bertz CT molecular complexity index is 578. The van der Waals surface area contributed by atoms with Crippen molar-refractivity contribution in [2.45, 2.75) is 19.0 Å². The predicted octanol–water partition coefficient (Wildman–Crippen LogP) is 2.90. The molecule has 1 N–H and O–H groups in total. The molecule has 0 saturated carbocycles. The van der Waals surface area contributed by atoms with E-state index in [2.05, 4.69) is 42.6 Å². The van der Waals surface area contributed by atoms with Gasteiger partial charge in [-0.3, -0.25) is 0 Å². The van der Waals surface area contributed by atoms with Crippen molar-refractivity contribution in [3.63, 3.8) is 0 Å². The molecule has 1 aliphatic heterocycles. The van der Waals surface area contributed by atoms with Gasteiger partial charge < -0.3 is 14.8 Å². The molecule has 1 saturated heterocycles. The molecule has 1 unspecified atom stereocenters. The van der Waals surface area contributed by atoms with E-state index in [0.29, 0.717) is 12.1 Å². The number of benzene rings is 2. The number of ether oxygens (including phenoxy) is 2. The number of nitrogens with one attached hydrogen (secondary N) is 1. The highest BCUT2D eigenvalue weighted by Crippen LogP contribution is 2.24. The highest BCUT2D eigenvalue weighted by molar-refractivity contribution is 5.84. The van der Waals surface area contributed by atoms with Crippen molar-refractivity contribution in [2.24, 2.45) is 0 Å². The van der Waals surface area contributed by atoms with Crippen LogP contribution < -0.4 is 10.1 Å². The molecule has 3 rings (SSSR count). The van der Waals surface area contributed by atoms with Gasteiger partial charge in [0, 0.05) is 6.04 Å². The summed E-state index contributed by atoms with van der Waals surface area (Å²) in [4.78, 5) is 0. The average Bonchev–Trinajstić information content (AvgIpc) is 2.41. The van der Waals surface area contributed by atoms with Crippen molar-refractivity contribution in [2.75, 3.05) is 20.3 Å². The van der Waals surface area contributed by atoms with E-state index in [9.17, 15) is 0 Å². The summed E-state index contributed by atoms with van der Waals surface area (Å²) >= 11 is 0. The van der Waals surface area contributed by atoms with Crippen LogP contribution in [0.3, 0.4) is 0 Å². The number of hydrogen-bond donors (Lipinski definition) is 1. The SMILES string of the molecule is COc1ccc2cc(C(C)NC3COC3)ccc2c1. The molecule has 3 heteroatoms. The summed E-state index contributed by atoms with van der Waals surface area (Å²) in [5.74, 6) is 0.901. The van der Waals surface area contributed by atoms with E-state index in [1.807, 2.05) is 6.07 Å². The van der Waals surface area contributed by atoms with E-state index in [1.54, 1.807) is 7.11 Å². The molecule has 0 amide bonds. The van der Waals surface area contributed by atoms with E-state index >= 15 is 0 Å². The second-order valence-electron chi connectivity index (χ2n) is 5.10. The normalized spacial score (nSPS) is 17.2. The largest absolute Gasteiger partial charge is 0.497 e. The molecule has 0 aromatic heterocycles. The molecular weight excluding hydrogens is 238 g/mol. The van der Waals surface area contributed by atoms with Crippen LogP contribution in [-0.2, 0) is 4.74 Å². The number of fused-ring (bicyclic) bond motifs is 1. The lowest BCUT2D eigenvalue weighted by Crippen LogP contribution is -2.46. The summed E-state index contributed by atoms with van der Waals surface area (Å²) in [6, 6.07) is 13.6. The van der Waals surface area contributed by atoms with Crippen molar-refractivity contribution in [1.82, 2.24) is 5.32 Å². The highest BCUT2D eigenvalue weighted by atomic mass is 16.5. The smallest absolute Gasteiger partial charge is 0.119 e. The number of rotatable bonds is 4. The maximum Gasteiger partial charge on any atom is 0.119 e. The molecule has 3 nitrogen and oxygen atoms in total. The van der Waals surface area contributed by atoms with E-state index in [-0.39, 0.29) is 0 Å². The maximum atomic E-state index is 5.25. The van der Waals surface area contributed by atoms with Crippen LogP contribution in [0, 0.1) is 0 Å². The first-order valence-corrected chi connectivity index (χ1v) is 6.68. The lowest BCUT2D eigenvalue weighted by atomic mass is 10.0. The van der Waals surface area contributed by atoms with Crippen LogP contribution in [-0.4, -0.2) is 26.4 Å².